The molecular weight excluding hydrogens is 180 g/mol. The van der Waals surface area contributed by atoms with Crippen molar-refractivity contribution in [3.63, 3.8) is 0 Å². The molecule has 4 rings (SSSR count). The molecule has 1 saturated heterocycles. The summed E-state index contributed by atoms with van der Waals surface area (Å²) < 4.78 is 11.0. The lowest BCUT2D eigenvalue weighted by Crippen LogP contribution is -2.58. The monoisotopic (exact) mass is 194 g/mol. The van der Waals surface area contributed by atoms with Gasteiger partial charge in [0, 0.05) is 13.0 Å². The van der Waals surface area contributed by atoms with Gasteiger partial charge in [0.15, 0.2) is 0 Å². The van der Waals surface area contributed by atoms with E-state index in [0.29, 0.717) is 12.5 Å². The third kappa shape index (κ3) is 0.708. The van der Waals surface area contributed by atoms with Crippen LogP contribution in [0.1, 0.15) is 13.3 Å². The molecule has 4 atom stereocenters. The van der Waals surface area contributed by atoms with E-state index in [0.717, 1.165) is 6.42 Å². The zero-order valence-electron chi connectivity index (χ0n) is 8.45. The number of ether oxygens (including phenoxy) is 2. The first kappa shape index (κ1) is 8.62. The second kappa shape index (κ2) is 2.28. The lowest BCUT2D eigenvalue weighted by atomic mass is 9.59. The molecule has 0 amide bonds. The van der Waals surface area contributed by atoms with Crippen LogP contribution in [0.2, 0.25) is 0 Å². The Bertz CT molecular complexity index is 335. The van der Waals surface area contributed by atoms with Crippen molar-refractivity contribution in [3.05, 3.63) is 12.2 Å². The summed E-state index contributed by atoms with van der Waals surface area (Å²) in [5, 5.41) is 0. The molecule has 14 heavy (non-hydrogen) atoms. The Balaban J connectivity index is 2.18. The summed E-state index contributed by atoms with van der Waals surface area (Å²) in [4.78, 5) is 12.2. The van der Waals surface area contributed by atoms with Crippen LogP contribution in [-0.2, 0) is 14.3 Å². The lowest BCUT2D eigenvalue weighted by Gasteiger charge is -2.46. The van der Waals surface area contributed by atoms with Gasteiger partial charge in [-0.2, -0.15) is 0 Å². The van der Waals surface area contributed by atoms with E-state index in [2.05, 4.69) is 6.08 Å². The Labute approximate surface area is 83.1 Å². The molecule has 2 fully saturated rings. The van der Waals surface area contributed by atoms with Crippen LogP contribution in [0.25, 0.3) is 0 Å². The molecule has 0 aromatic carbocycles. The minimum atomic E-state index is -0.952. The highest BCUT2D eigenvalue weighted by Crippen LogP contribution is 2.56. The Morgan fingerprint density at radius 3 is 3.14 bits per heavy atom. The van der Waals surface area contributed by atoms with Crippen molar-refractivity contribution in [1.82, 2.24) is 0 Å². The van der Waals surface area contributed by atoms with Crippen molar-refractivity contribution in [2.45, 2.75) is 19.1 Å². The number of Topliss-reactive ketones (excluding diaryl/α,β-unsaturated/α-hetero) is 1. The molecule has 0 unspecified atom stereocenters. The van der Waals surface area contributed by atoms with Crippen LogP contribution in [0.4, 0.5) is 0 Å². The fraction of sp³-hybridized carbons (Fsp3) is 0.727. The number of hydrogen-bond donors (Lipinski definition) is 0. The molecule has 0 aromatic rings. The molecule has 0 radical (unpaired) electrons. The average Bonchev–Trinajstić information content (AvgIpc) is 2.51. The fourth-order valence-corrected chi connectivity index (χ4v) is 3.21. The quantitative estimate of drug-likeness (QED) is 0.587. The highest BCUT2D eigenvalue weighted by atomic mass is 16.7. The largest absolute Gasteiger partial charge is 0.346 e. The molecule has 3 aliphatic carbocycles. The molecule has 76 valence electrons. The second-order valence-electron chi connectivity index (χ2n) is 4.78. The molecule has 3 nitrogen and oxygen atoms in total. The lowest BCUT2D eigenvalue weighted by molar-refractivity contribution is -0.219. The van der Waals surface area contributed by atoms with Crippen molar-refractivity contribution in [2.75, 3.05) is 13.7 Å². The highest BCUT2D eigenvalue weighted by molar-refractivity contribution is 5.96. The van der Waals surface area contributed by atoms with Gasteiger partial charge in [0.1, 0.15) is 0 Å². The van der Waals surface area contributed by atoms with Crippen LogP contribution in [0.3, 0.4) is 0 Å². The van der Waals surface area contributed by atoms with Crippen LogP contribution >= 0.6 is 0 Å². The zero-order chi connectivity index (χ0) is 9.97. The fourth-order valence-electron chi connectivity index (χ4n) is 3.21. The van der Waals surface area contributed by atoms with Crippen molar-refractivity contribution < 1.29 is 14.3 Å². The molecule has 0 N–H and O–H groups in total. The Morgan fingerprint density at radius 2 is 2.43 bits per heavy atom. The maximum Gasteiger partial charge on any atom is 0.236 e. The predicted octanol–water partition coefficient (Wildman–Crippen LogP) is 1.14. The minimum absolute atomic E-state index is 0.105. The second-order valence-corrected chi connectivity index (χ2v) is 4.78. The molecule has 3 heteroatoms. The van der Waals surface area contributed by atoms with Gasteiger partial charge in [-0.05, 0) is 19.3 Å². The number of carbonyl (C=O) groups is 1. The number of ketones is 1. The third-order valence-electron chi connectivity index (χ3n) is 3.95. The first-order chi connectivity index (χ1) is 6.62. The topological polar surface area (TPSA) is 35.5 Å². The van der Waals surface area contributed by atoms with E-state index in [4.69, 9.17) is 9.47 Å². The van der Waals surface area contributed by atoms with Gasteiger partial charge in [-0.25, -0.2) is 0 Å². The Kier molecular flexibility index (Phi) is 1.41. The van der Waals surface area contributed by atoms with Crippen LogP contribution in [-0.4, -0.2) is 25.3 Å². The number of carbonyl (C=O) groups excluding carboxylic acids is 1. The highest BCUT2D eigenvalue weighted by Gasteiger charge is 2.66. The summed E-state index contributed by atoms with van der Waals surface area (Å²) in [5.74, 6) is -0.245. The first-order valence-electron chi connectivity index (χ1n) is 5.06. The van der Waals surface area contributed by atoms with Gasteiger partial charge < -0.3 is 9.47 Å². The molecule has 0 spiro atoms. The van der Waals surface area contributed by atoms with E-state index in [1.54, 1.807) is 7.11 Å². The summed E-state index contributed by atoms with van der Waals surface area (Å²) in [6, 6.07) is 0. The number of hydrogen-bond acceptors (Lipinski definition) is 3. The van der Waals surface area contributed by atoms with Crippen LogP contribution < -0.4 is 0 Å². The molecule has 1 heterocycles. The van der Waals surface area contributed by atoms with Gasteiger partial charge in [-0.1, -0.05) is 12.2 Å². The van der Waals surface area contributed by atoms with E-state index in [9.17, 15) is 4.79 Å². The van der Waals surface area contributed by atoms with Crippen molar-refractivity contribution in [3.8, 4) is 0 Å². The molecule has 1 saturated carbocycles. The summed E-state index contributed by atoms with van der Waals surface area (Å²) in [6.07, 6.45) is 5.05. The Morgan fingerprint density at radius 1 is 1.64 bits per heavy atom. The van der Waals surface area contributed by atoms with Gasteiger partial charge in [0.05, 0.1) is 12.0 Å². The zero-order valence-corrected chi connectivity index (χ0v) is 8.45. The van der Waals surface area contributed by atoms with E-state index in [1.165, 1.54) is 0 Å². The van der Waals surface area contributed by atoms with Gasteiger partial charge >= 0.3 is 0 Å². The van der Waals surface area contributed by atoms with E-state index >= 15 is 0 Å². The number of allylic oxidation sites excluding steroid dienone is 1. The SMILES string of the molecule is CO[C@@]12OC[C@H]3C[C@](C)(C=C[C@@H]31)C2=O. The predicted molar refractivity (Wildman–Crippen MR) is 49.5 cm³/mol. The van der Waals surface area contributed by atoms with Crippen LogP contribution in [0.5, 0.6) is 0 Å². The van der Waals surface area contributed by atoms with Crippen molar-refractivity contribution in [1.29, 1.82) is 0 Å². The van der Waals surface area contributed by atoms with Crippen LogP contribution in [0, 0.1) is 17.3 Å². The molecule has 4 aliphatic rings. The van der Waals surface area contributed by atoms with E-state index in [1.807, 2.05) is 13.0 Å². The van der Waals surface area contributed by atoms with Gasteiger partial charge in [-0.15, -0.1) is 0 Å². The van der Waals surface area contributed by atoms with Gasteiger partial charge in [-0.3, -0.25) is 4.79 Å². The van der Waals surface area contributed by atoms with E-state index < -0.39 is 5.79 Å². The maximum atomic E-state index is 12.2. The first-order valence-corrected chi connectivity index (χ1v) is 5.06. The van der Waals surface area contributed by atoms with Gasteiger partial charge in [0.2, 0.25) is 11.6 Å². The number of methoxy groups -OCH3 is 1. The molecule has 0 aromatic heterocycles. The molecule has 4 bridgehead atoms. The van der Waals surface area contributed by atoms with E-state index in [-0.39, 0.29) is 17.1 Å². The standard InChI is InChI=1S/C11H14O3/c1-10-4-3-8-7(5-10)6-14-11(8,13-2)9(10)12/h3-4,7-8H,5-6H2,1-2H3/t7-,8+,10+,11-/m1/s1. The number of rotatable bonds is 1. The minimum Gasteiger partial charge on any atom is -0.346 e. The smallest absolute Gasteiger partial charge is 0.236 e. The normalized spacial score (nSPS) is 54.3. The Hall–Kier alpha value is -0.670. The van der Waals surface area contributed by atoms with Crippen LogP contribution in [0.15, 0.2) is 12.2 Å². The summed E-state index contributed by atoms with van der Waals surface area (Å²) >= 11 is 0. The molecule has 1 aliphatic heterocycles. The average molecular weight is 194 g/mol. The summed E-state index contributed by atoms with van der Waals surface area (Å²) in [7, 11) is 1.57. The van der Waals surface area contributed by atoms with Crippen molar-refractivity contribution >= 4 is 5.78 Å². The summed E-state index contributed by atoms with van der Waals surface area (Å²) in [6.45, 7) is 2.64. The third-order valence-corrected chi connectivity index (χ3v) is 3.95. The van der Waals surface area contributed by atoms with Crippen molar-refractivity contribution in [2.24, 2.45) is 17.3 Å². The maximum absolute atomic E-state index is 12.2. The summed E-state index contributed by atoms with van der Waals surface area (Å²) in [5.41, 5.74) is -0.355. The molecular formula is C11H14O3. The van der Waals surface area contributed by atoms with Gasteiger partial charge in [0.25, 0.3) is 0 Å².